The predicted octanol–water partition coefficient (Wildman–Crippen LogP) is 2.77. The monoisotopic (exact) mass is 393 g/mol. The molecule has 29 heavy (non-hydrogen) atoms. The number of hydrogen-bond donors (Lipinski definition) is 2. The molecule has 2 aliphatic heterocycles. The lowest BCUT2D eigenvalue weighted by Gasteiger charge is -2.36. The van der Waals surface area contributed by atoms with Crippen molar-refractivity contribution in [3.8, 4) is 11.1 Å². The second kappa shape index (κ2) is 8.30. The number of benzene rings is 2. The van der Waals surface area contributed by atoms with Crippen LogP contribution in [0, 0.1) is 5.92 Å². The first kappa shape index (κ1) is 20.1. The number of carbonyl (C=O) groups excluding carboxylic acids is 1. The Labute approximate surface area is 172 Å². The van der Waals surface area contributed by atoms with Crippen LogP contribution in [0.4, 0.5) is 0 Å². The van der Waals surface area contributed by atoms with Crippen LogP contribution in [-0.2, 0) is 16.0 Å². The Morgan fingerprint density at radius 2 is 1.69 bits per heavy atom. The maximum atomic E-state index is 13.1. The van der Waals surface area contributed by atoms with Gasteiger partial charge in [-0.25, -0.2) is 0 Å². The van der Waals surface area contributed by atoms with Gasteiger partial charge in [-0.2, -0.15) is 0 Å². The lowest BCUT2D eigenvalue weighted by atomic mass is 9.79. The highest BCUT2D eigenvalue weighted by Crippen LogP contribution is 2.40. The standard InChI is InChI=1S/C23H28BNO4/c1-24(28)25-20(16-21(22(25)26)23(27)11-13-29-14-12-23)15-17-7-9-19(10-8-17)18-5-3-2-4-6-18/h2-10,20-21,27-28H,11-16H2,1H3/t20-,21?/m1/s1. The van der Waals surface area contributed by atoms with Gasteiger partial charge in [-0.1, -0.05) is 54.6 Å². The van der Waals surface area contributed by atoms with Gasteiger partial charge >= 0.3 is 7.05 Å². The van der Waals surface area contributed by atoms with Crippen molar-refractivity contribution in [3.63, 3.8) is 0 Å². The van der Waals surface area contributed by atoms with E-state index in [1.54, 1.807) is 11.6 Å². The van der Waals surface area contributed by atoms with Gasteiger partial charge in [0.15, 0.2) is 0 Å². The Morgan fingerprint density at radius 3 is 2.31 bits per heavy atom. The van der Waals surface area contributed by atoms with E-state index in [1.165, 1.54) is 5.56 Å². The lowest BCUT2D eigenvalue weighted by Crippen LogP contribution is -2.49. The average molecular weight is 393 g/mol. The number of carbonyl (C=O) groups is 1. The molecule has 6 heteroatoms. The summed E-state index contributed by atoms with van der Waals surface area (Å²) in [6.07, 6.45) is 2.15. The molecule has 0 aromatic heterocycles. The zero-order chi connectivity index (χ0) is 20.4. The topological polar surface area (TPSA) is 70.0 Å². The SMILES string of the molecule is CB(O)N1C(=O)C(C2(O)CCOCC2)C[C@H]1Cc1ccc(-c2ccccc2)cc1. The van der Waals surface area contributed by atoms with Crippen molar-refractivity contribution in [2.45, 2.75) is 44.1 Å². The average Bonchev–Trinajstić information content (AvgIpc) is 3.06. The second-order valence-electron chi connectivity index (χ2n) is 8.30. The van der Waals surface area contributed by atoms with Crippen LogP contribution in [0.3, 0.4) is 0 Å². The van der Waals surface area contributed by atoms with E-state index in [2.05, 4.69) is 36.4 Å². The zero-order valence-corrected chi connectivity index (χ0v) is 16.8. The predicted molar refractivity (Wildman–Crippen MR) is 113 cm³/mol. The van der Waals surface area contributed by atoms with Gasteiger partial charge in [0.05, 0.1) is 11.5 Å². The molecule has 2 N–H and O–H groups in total. The molecule has 2 atom stereocenters. The Balaban J connectivity index is 1.51. The van der Waals surface area contributed by atoms with Gasteiger partial charge in [0.2, 0.25) is 5.91 Å². The molecule has 2 heterocycles. The van der Waals surface area contributed by atoms with Crippen LogP contribution in [0.15, 0.2) is 54.6 Å². The van der Waals surface area contributed by atoms with Crippen molar-refractivity contribution in [1.82, 2.24) is 4.81 Å². The maximum absolute atomic E-state index is 13.1. The van der Waals surface area contributed by atoms with Crippen molar-refractivity contribution >= 4 is 13.0 Å². The molecule has 0 radical (unpaired) electrons. The first-order valence-corrected chi connectivity index (χ1v) is 10.4. The normalized spacial score (nSPS) is 24.0. The van der Waals surface area contributed by atoms with Gasteiger partial charge in [-0.15, -0.1) is 0 Å². The highest BCUT2D eigenvalue weighted by Gasteiger charge is 2.52. The largest absolute Gasteiger partial charge is 0.432 e. The Hall–Kier alpha value is -2.15. The maximum Gasteiger partial charge on any atom is 0.412 e. The third kappa shape index (κ3) is 4.11. The molecular formula is C23H28BNO4. The van der Waals surface area contributed by atoms with Gasteiger partial charge in [0.1, 0.15) is 0 Å². The number of ether oxygens (including phenoxy) is 1. The lowest BCUT2D eigenvalue weighted by molar-refractivity contribution is -0.144. The summed E-state index contributed by atoms with van der Waals surface area (Å²) < 4.78 is 5.37. The molecule has 0 bridgehead atoms. The minimum atomic E-state index is -1.03. The highest BCUT2D eigenvalue weighted by atomic mass is 16.5. The number of hydrogen-bond acceptors (Lipinski definition) is 4. The quantitative estimate of drug-likeness (QED) is 0.767. The first-order valence-electron chi connectivity index (χ1n) is 10.4. The molecule has 2 fully saturated rings. The number of aliphatic hydroxyl groups is 1. The van der Waals surface area contributed by atoms with E-state index in [9.17, 15) is 14.9 Å². The van der Waals surface area contributed by atoms with Gasteiger partial charge in [-0.3, -0.25) is 4.79 Å². The third-order valence-electron chi connectivity index (χ3n) is 6.40. The zero-order valence-electron chi connectivity index (χ0n) is 16.8. The van der Waals surface area contributed by atoms with Crippen LogP contribution >= 0.6 is 0 Å². The Morgan fingerprint density at radius 1 is 1.07 bits per heavy atom. The highest BCUT2D eigenvalue weighted by molar-refractivity contribution is 6.49. The summed E-state index contributed by atoms with van der Waals surface area (Å²) in [6, 6.07) is 18.5. The summed E-state index contributed by atoms with van der Waals surface area (Å²) in [7, 11) is -0.871. The van der Waals surface area contributed by atoms with Crippen LogP contribution in [0.5, 0.6) is 0 Å². The van der Waals surface area contributed by atoms with E-state index >= 15 is 0 Å². The minimum Gasteiger partial charge on any atom is -0.432 e. The molecule has 2 aromatic rings. The van der Waals surface area contributed by atoms with Gasteiger partial charge in [-0.05, 0) is 36.4 Å². The van der Waals surface area contributed by atoms with Crippen LogP contribution in [-0.4, -0.2) is 52.8 Å². The molecule has 0 saturated carbocycles. The fourth-order valence-corrected chi connectivity index (χ4v) is 4.78. The molecule has 152 valence electrons. The summed E-state index contributed by atoms with van der Waals surface area (Å²) in [5.41, 5.74) is 2.41. The molecule has 5 nitrogen and oxygen atoms in total. The van der Waals surface area contributed by atoms with Gasteiger partial charge < -0.3 is 19.7 Å². The van der Waals surface area contributed by atoms with Gasteiger partial charge in [0, 0.05) is 32.1 Å². The van der Waals surface area contributed by atoms with Crippen molar-refractivity contribution < 1.29 is 19.7 Å². The summed E-state index contributed by atoms with van der Waals surface area (Å²) >= 11 is 0. The van der Waals surface area contributed by atoms with E-state index in [-0.39, 0.29) is 11.9 Å². The fraction of sp³-hybridized carbons (Fsp3) is 0.435. The molecule has 0 spiro atoms. The summed E-state index contributed by atoms with van der Waals surface area (Å²) in [4.78, 5) is 14.6. The smallest absolute Gasteiger partial charge is 0.412 e. The van der Waals surface area contributed by atoms with Crippen LogP contribution < -0.4 is 0 Å². The first-order chi connectivity index (χ1) is 14.0. The summed E-state index contributed by atoms with van der Waals surface area (Å²) in [6.45, 7) is 2.57. The summed E-state index contributed by atoms with van der Waals surface area (Å²) in [5.74, 6) is -0.620. The second-order valence-corrected chi connectivity index (χ2v) is 8.30. The number of rotatable bonds is 5. The van der Waals surface area contributed by atoms with E-state index in [1.807, 2.05) is 18.2 Å². The van der Waals surface area contributed by atoms with Crippen molar-refractivity contribution in [2.24, 2.45) is 5.92 Å². The third-order valence-corrected chi connectivity index (χ3v) is 6.40. The van der Waals surface area contributed by atoms with E-state index < -0.39 is 18.6 Å². The Kier molecular flexibility index (Phi) is 5.77. The Bertz CT molecular complexity index is 834. The molecular weight excluding hydrogens is 365 g/mol. The number of nitrogens with zero attached hydrogens (tertiary/aromatic N) is 1. The number of amides is 1. The molecule has 2 aliphatic rings. The van der Waals surface area contributed by atoms with Gasteiger partial charge in [0.25, 0.3) is 0 Å². The van der Waals surface area contributed by atoms with Crippen molar-refractivity contribution in [3.05, 3.63) is 60.2 Å². The fourth-order valence-electron chi connectivity index (χ4n) is 4.78. The molecule has 2 saturated heterocycles. The molecule has 0 aliphatic carbocycles. The van der Waals surface area contributed by atoms with Crippen molar-refractivity contribution in [2.75, 3.05) is 13.2 Å². The molecule has 1 amide bonds. The van der Waals surface area contributed by atoms with Crippen LogP contribution in [0.1, 0.15) is 24.8 Å². The van der Waals surface area contributed by atoms with E-state index in [0.29, 0.717) is 38.9 Å². The summed E-state index contributed by atoms with van der Waals surface area (Å²) in [5, 5.41) is 21.3. The molecule has 1 unspecified atom stereocenters. The van der Waals surface area contributed by atoms with E-state index in [4.69, 9.17) is 4.74 Å². The molecule has 4 rings (SSSR count). The minimum absolute atomic E-state index is 0.123. The van der Waals surface area contributed by atoms with Crippen LogP contribution in [0.2, 0.25) is 6.82 Å². The molecule has 2 aromatic carbocycles. The van der Waals surface area contributed by atoms with Crippen LogP contribution in [0.25, 0.3) is 11.1 Å². The van der Waals surface area contributed by atoms with Crippen molar-refractivity contribution in [1.29, 1.82) is 0 Å². The van der Waals surface area contributed by atoms with E-state index in [0.717, 1.165) is 11.1 Å².